The topological polar surface area (TPSA) is 86.8 Å². The number of hydrogen-bond donors (Lipinski definition) is 1. The predicted molar refractivity (Wildman–Crippen MR) is 138 cm³/mol. The van der Waals surface area contributed by atoms with Gasteiger partial charge in [-0.15, -0.1) is 0 Å². The maximum absolute atomic E-state index is 13.4. The molecule has 0 aromatic heterocycles. The molecule has 1 unspecified atom stereocenters. The molecule has 37 heavy (non-hydrogen) atoms. The molecule has 7 nitrogen and oxygen atoms in total. The number of rotatable bonds is 9. The summed E-state index contributed by atoms with van der Waals surface area (Å²) in [6, 6.07) is 10.8. The lowest BCUT2D eigenvalue weighted by molar-refractivity contribution is -0.139. The molecule has 2 aromatic carbocycles. The molecule has 1 atom stereocenters. The minimum atomic E-state index is -4.83. The van der Waals surface area contributed by atoms with Crippen LogP contribution in [0.15, 0.2) is 48.5 Å². The lowest BCUT2D eigenvalue weighted by Gasteiger charge is -2.33. The number of benzene rings is 2. The summed E-state index contributed by atoms with van der Waals surface area (Å²) < 4.78 is 65.9. The smallest absolute Gasteiger partial charge is 0.350 e. The quantitative estimate of drug-likeness (QED) is 0.488. The van der Waals surface area contributed by atoms with Crippen LogP contribution in [0.1, 0.15) is 38.8 Å². The van der Waals surface area contributed by atoms with Crippen LogP contribution in [0.3, 0.4) is 0 Å². The van der Waals surface area contributed by atoms with E-state index in [-0.39, 0.29) is 12.2 Å². The molecule has 0 bridgehead atoms. The molecule has 204 valence electrons. The number of halogens is 4. The Morgan fingerprint density at radius 2 is 1.65 bits per heavy atom. The Balaban J connectivity index is 2.42. The highest BCUT2D eigenvalue weighted by Crippen LogP contribution is 2.37. The second-order valence-corrected chi connectivity index (χ2v) is 12.0. The largest absolute Gasteiger partial charge is 0.417 e. The highest BCUT2D eigenvalue weighted by molar-refractivity contribution is 7.92. The third kappa shape index (κ3) is 8.92. The molecule has 12 heteroatoms. The Morgan fingerprint density at radius 3 is 2.16 bits per heavy atom. The molecular weight excluding hydrogens is 531 g/mol. The zero-order valence-electron chi connectivity index (χ0n) is 21.3. The Hall–Kier alpha value is -2.79. The zero-order chi connectivity index (χ0) is 28.2. The summed E-state index contributed by atoms with van der Waals surface area (Å²) >= 11 is 5.68. The summed E-state index contributed by atoms with van der Waals surface area (Å²) in [5.41, 5.74) is -1.31. The summed E-state index contributed by atoms with van der Waals surface area (Å²) in [5, 5.41) is 2.19. The first kappa shape index (κ1) is 30.4. The summed E-state index contributed by atoms with van der Waals surface area (Å²) in [6.07, 6.45) is -3.68. The van der Waals surface area contributed by atoms with Gasteiger partial charge in [-0.05, 0) is 57.9 Å². The van der Waals surface area contributed by atoms with Crippen molar-refractivity contribution in [1.82, 2.24) is 10.2 Å². The second kappa shape index (κ2) is 11.7. The van der Waals surface area contributed by atoms with E-state index in [0.717, 1.165) is 24.0 Å². The first-order valence-corrected chi connectivity index (χ1v) is 13.6. The Bertz CT molecular complexity index is 1220. The average Bonchev–Trinajstić information content (AvgIpc) is 2.76. The SMILES string of the molecule is CC(C(=O)NC(C)(C)C)N(CCc1ccccc1)C(=O)CN(c1ccc(Cl)c(C(F)(F)F)c1)S(C)(=O)=O. The zero-order valence-corrected chi connectivity index (χ0v) is 22.8. The van der Waals surface area contributed by atoms with Gasteiger partial charge in [0.25, 0.3) is 0 Å². The first-order chi connectivity index (χ1) is 16.9. The maximum atomic E-state index is 13.4. The average molecular weight is 562 g/mol. The summed E-state index contributed by atoms with van der Waals surface area (Å²) in [7, 11) is -4.19. The van der Waals surface area contributed by atoms with Crippen molar-refractivity contribution in [3.63, 3.8) is 0 Å². The molecule has 0 aliphatic carbocycles. The van der Waals surface area contributed by atoms with E-state index in [1.54, 1.807) is 20.8 Å². The number of anilines is 1. The molecule has 0 saturated heterocycles. The molecule has 2 amide bonds. The fourth-order valence-electron chi connectivity index (χ4n) is 3.54. The van der Waals surface area contributed by atoms with E-state index < -0.39 is 56.7 Å². The van der Waals surface area contributed by atoms with Gasteiger partial charge in [0.2, 0.25) is 21.8 Å². The van der Waals surface area contributed by atoms with E-state index in [1.165, 1.54) is 11.8 Å². The number of carbonyl (C=O) groups is 2. The number of alkyl halides is 3. The van der Waals surface area contributed by atoms with Crippen LogP contribution in [-0.2, 0) is 32.2 Å². The molecular formula is C25H31ClF3N3O4S. The van der Waals surface area contributed by atoms with Crippen LogP contribution < -0.4 is 9.62 Å². The van der Waals surface area contributed by atoms with Gasteiger partial charge in [-0.3, -0.25) is 13.9 Å². The highest BCUT2D eigenvalue weighted by Gasteiger charge is 2.35. The number of sulfonamides is 1. The molecule has 0 aliphatic heterocycles. The van der Waals surface area contributed by atoms with Crippen molar-refractivity contribution in [2.24, 2.45) is 0 Å². The first-order valence-electron chi connectivity index (χ1n) is 11.4. The van der Waals surface area contributed by atoms with Gasteiger partial charge < -0.3 is 10.2 Å². The number of carbonyl (C=O) groups excluding carboxylic acids is 2. The van der Waals surface area contributed by atoms with Gasteiger partial charge in [0.1, 0.15) is 12.6 Å². The van der Waals surface area contributed by atoms with Gasteiger partial charge in [0.15, 0.2) is 0 Å². The minimum absolute atomic E-state index is 0.0770. The van der Waals surface area contributed by atoms with E-state index in [9.17, 15) is 31.2 Å². The number of amides is 2. The maximum Gasteiger partial charge on any atom is 0.417 e. The van der Waals surface area contributed by atoms with Crippen LogP contribution in [0, 0.1) is 0 Å². The van der Waals surface area contributed by atoms with Crippen LogP contribution in [0.5, 0.6) is 0 Å². The molecule has 2 aromatic rings. The molecule has 0 heterocycles. The van der Waals surface area contributed by atoms with Gasteiger partial charge in [-0.1, -0.05) is 41.9 Å². The van der Waals surface area contributed by atoms with Crippen molar-refractivity contribution >= 4 is 39.1 Å². The Kier molecular flexibility index (Phi) is 9.64. The molecule has 1 N–H and O–H groups in total. The lowest BCUT2D eigenvalue weighted by Crippen LogP contribution is -2.55. The van der Waals surface area contributed by atoms with Crippen molar-refractivity contribution in [2.75, 3.05) is 23.7 Å². The molecule has 0 radical (unpaired) electrons. The van der Waals surface area contributed by atoms with Crippen molar-refractivity contribution in [2.45, 2.75) is 51.9 Å². The normalized spacial score (nSPS) is 13.1. The van der Waals surface area contributed by atoms with Crippen molar-refractivity contribution in [3.05, 3.63) is 64.7 Å². The van der Waals surface area contributed by atoms with E-state index >= 15 is 0 Å². The second-order valence-electron chi connectivity index (χ2n) is 9.67. The van der Waals surface area contributed by atoms with Crippen LogP contribution in [-0.4, -0.2) is 56.1 Å². The molecule has 0 fully saturated rings. The van der Waals surface area contributed by atoms with E-state index in [0.29, 0.717) is 16.8 Å². The Morgan fingerprint density at radius 1 is 1.05 bits per heavy atom. The van der Waals surface area contributed by atoms with Crippen LogP contribution >= 0.6 is 11.6 Å². The van der Waals surface area contributed by atoms with Crippen LogP contribution in [0.25, 0.3) is 0 Å². The summed E-state index contributed by atoms with van der Waals surface area (Å²) in [5.74, 6) is -1.20. The minimum Gasteiger partial charge on any atom is -0.350 e. The van der Waals surface area contributed by atoms with E-state index in [4.69, 9.17) is 11.6 Å². The van der Waals surface area contributed by atoms with E-state index in [2.05, 4.69) is 5.32 Å². The van der Waals surface area contributed by atoms with Crippen molar-refractivity contribution in [3.8, 4) is 0 Å². The third-order valence-electron chi connectivity index (χ3n) is 5.37. The highest BCUT2D eigenvalue weighted by atomic mass is 35.5. The number of nitrogens with zero attached hydrogens (tertiary/aromatic N) is 2. The van der Waals surface area contributed by atoms with E-state index in [1.807, 2.05) is 30.3 Å². The monoisotopic (exact) mass is 561 g/mol. The van der Waals surface area contributed by atoms with Crippen molar-refractivity contribution in [1.29, 1.82) is 0 Å². The van der Waals surface area contributed by atoms with Gasteiger partial charge in [-0.2, -0.15) is 13.2 Å². The van der Waals surface area contributed by atoms with Crippen LogP contribution in [0.4, 0.5) is 18.9 Å². The van der Waals surface area contributed by atoms with Crippen LogP contribution in [0.2, 0.25) is 5.02 Å². The fraction of sp³-hybridized carbons (Fsp3) is 0.440. The third-order valence-corrected chi connectivity index (χ3v) is 6.84. The van der Waals surface area contributed by atoms with Gasteiger partial charge in [-0.25, -0.2) is 8.42 Å². The predicted octanol–water partition coefficient (Wildman–Crippen LogP) is 4.50. The molecule has 2 rings (SSSR count). The lowest BCUT2D eigenvalue weighted by atomic mass is 10.1. The summed E-state index contributed by atoms with van der Waals surface area (Å²) in [4.78, 5) is 27.6. The van der Waals surface area contributed by atoms with Gasteiger partial charge >= 0.3 is 6.18 Å². The standard InChI is InChI=1S/C25H31ClF3N3O4S/c1-17(23(34)30-24(2,3)4)31(14-13-18-9-7-6-8-10-18)22(33)16-32(37(5,35)36)19-11-12-21(26)20(15-19)25(27,28)29/h6-12,15,17H,13-14,16H2,1-5H3,(H,30,34). The Labute approximate surface area is 220 Å². The molecule has 0 saturated carbocycles. The summed E-state index contributed by atoms with van der Waals surface area (Å²) in [6.45, 7) is 6.11. The fourth-order valence-corrected chi connectivity index (χ4v) is 4.61. The van der Waals surface area contributed by atoms with Gasteiger partial charge in [0.05, 0.1) is 22.5 Å². The molecule has 0 aliphatic rings. The van der Waals surface area contributed by atoms with Crippen molar-refractivity contribution < 1.29 is 31.2 Å². The number of hydrogen-bond acceptors (Lipinski definition) is 4. The number of nitrogens with one attached hydrogen (secondary N) is 1. The molecule has 0 spiro atoms. The van der Waals surface area contributed by atoms with Gasteiger partial charge in [0, 0.05) is 12.1 Å².